The molecule has 0 heterocycles. The molecule has 1 unspecified atom stereocenters. The third kappa shape index (κ3) is 62.0. The number of hydrogen-bond donors (Lipinski definition) is 0. The summed E-state index contributed by atoms with van der Waals surface area (Å²) in [5.41, 5.74) is 0. The maximum Gasteiger partial charge on any atom is 0.306 e. The van der Waals surface area contributed by atoms with Gasteiger partial charge in [-0.25, -0.2) is 0 Å². The van der Waals surface area contributed by atoms with E-state index in [4.69, 9.17) is 14.2 Å². The molecule has 0 aromatic heterocycles. The van der Waals surface area contributed by atoms with Gasteiger partial charge >= 0.3 is 17.9 Å². The van der Waals surface area contributed by atoms with Crippen molar-refractivity contribution in [3.8, 4) is 0 Å². The number of hydrogen-bond acceptors (Lipinski definition) is 6. The molecule has 0 aliphatic rings. The number of esters is 3. The molecular weight excluding hydrogens is 949 g/mol. The number of ether oxygens (including phenoxy) is 3. The SMILES string of the molecule is CC/C=C\C/C=C\C/C=C\C/C=C\C/C=C\C/C=C\CCCCCCC(=O)OCC(COC(=O)CCCC/C=C\C/C=C\C/C=C\C/C=C\CC)OC(=O)CCCCCCCCCCC/C=C\C/C=C\CCCCCCC. The molecule has 6 heteroatoms. The Balaban J connectivity index is 4.50. The van der Waals surface area contributed by atoms with Gasteiger partial charge in [0.2, 0.25) is 0 Å². The average Bonchev–Trinajstić information content (AvgIpc) is 3.43. The number of rotatable bonds is 55. The lowest BCUT2D eigenvalue weighted by molar-refractivity contribution is -0.167. The summed E-state index contributed by atoms with van der Waals surface area (Å²) in [5, 5.41) is 0. The number of unbranched alkanes of at least 4 members (excludes halogenated alkanes) is 20. The highest BCUT2D eigenvalue weighted by atomic mass is 16.6. The minimum Gasteiger partial charge on any atom is -0.462 e. The van der Waals surface area contributed by atoms with E-state index in [-0.39, 0.29) is 31.1 Å². The molecular formula is C71H114O6. The fourth-order valence-electron chi connectivity index (χ4n) is 8.17. The van der Waals surface area contributed by atoms with Crippen LogP contribution in [-0.2, 0) is 28.6 Å². The van der Waals surface area contributed by atoms with Crippen LogP contribution in [0, 0.1) is 0 Å². The van der Waals surface area contributed by atoms with Gasteiger partial charge in [-0.15, -0.1) is 0 Å². The Hall–Kier alpha value is -4.71. The Bertz CT molecular complexity index is 1700. The van der Waals surface area contributed by atoms with Crippen molar-refractivity contribution >= 4 is 17.9 Å². The molecule has 0 aromatic carbocycles. The fraction of sp³-hybridized carbons (Fsp3) is 0.620. The first kappa shape index (κ1) is 72.3. The first-order chi connectivity index (χ1) is 38.0. The zero-order valence-corrected chi connectivity index (χ0v) is 49.7. The van der Waals surface area contributed by atoms with Crippen LogP contribution in [0.1, 0.15) is 265 Å². The monoisotopic (exact) mass is 1060 g/mol. The van der Waals surface area contributed by atoms with Crippen LogP contribution in [0.4, 0.5) is 0 Å². The van der Waals surface area contributed by atoms with Crippen molar-refractivity contribution in [3.05, 3.63) is 146 Å². The normalized spacial score (nSPS) is 13.1. The second kappa shape index (κ2) is 63.8. The molecule has 77 heavy (non-hydrogen) atoms. The topological polar surface area (TPSA) is 78.9 Å². The van der Waals surface area contributed by atoms with Gasteiger partial charge in [-0.1, -0.05) is 250 Å². The number of allylic oxidation sites excluding steroid dienone is 24. The summed E-state index contributed by atoms with van der Waals surface area (Å²) in [6, 6.07) is 0. The van der Waals surface area contributed by atoms with E-state index in [0.717, 1.165) is 135 Å². The Labute approximate surface area is 474 Å². The Morgan fingerprint density at radius 3 is 0.818 bits per heavy atom. The lowest BCUT2D eigenvalue weighted by Crippen LogP contribution is -2.30. The maximum atomic E-state index is 12.9. The van der Waals surface area contributed by atoms with Crippen LogP contribution >= 0.6 is 0 Å². The van der Waals surface area contributed by atoms with Gasteiger partial charge in [0.1, 0.15) is 13.2 Å². The molecule has 0 saturated heterocycles. The summed E-state index contributed by atoms with van der Waals surface area (Å²) in [5.74, 6) is -0.982. The van der Waals surface area contributed by atoms with Crippen molar-refractivity contribution in [2.24, 2.45) is 0 Å². The molecule has 0 rings (SSSR count). The van der Waals surface area contributed by atoms with E-state index in [2.05, 4.69) is 167 Å². The van der Waals surface area contributed by atoms with E-state index < -0.39 is 6.10 Å². The second-order valence-corrected chi connectivity index (χ2v) is 20.2. The Kier molecular flexibility index (Phi) is 59.9. The third-order valence-corrected chi connectivity index (χ3v) is 12.8. The summed E-state index contributed by atoms with van der Waals surface area (Å²) < 4.78 is 16.9. The van der Waals surface area contributed by atoms with E-state index >= 15 is 0 Å². The van der Waals surface area contributed by atoms with Crippen molar-refractivity contribution < 1.29 is 28.6 Å². The van der Waals surface area contributed by atoms with Gasteiger partial charge in [0.25, 0.3) is 0 Å². The van der Waals surface area contributed by atoms with Crippen LogP contribution in [-0.4, -0.2) is 37.2 Å². The predicted molar refractivity (Wildman–Crippen MR) is 334 cm³/mol. The summed E-state index contributed by atoms with van der Waals surface area (Å²) in [4.78, 5) is 38.3. The molecule has 0 bridgehead atoms. The van der Waals surface area contributed by atoms with E-state index in [1.807, 2.05) is 0 Å². The van der Waals surface area contributed by atoms with Crippen molar-refractivity contribution in [2.75, 3.05) is 13.2 Å². The lowest BCUT2D eigenvalue weighted by Gasteiger charge is -2.18. The molecule has 0 amide bonds. The molecule has 0 radical (unpaired) electrons. The number of carbonyl (C=O) groups excluding carboxylic acids is 3. The van der Waals surface area contributed by atoms with Gasteiger partial charge < -0.3 is 14.2 Å². The highest BCUT2D eigenvalue weighted by Gasteiger charge is 2.19. The largest absolute Gasteiger partial charge is 0.462 e. The Morgan fingerprint density at radius 2 is 0.506 bits per heavy atom. The highest BCUT2D eigenvalue weighted by molar-refractivity contribution is 5.71. The van der Waals surface area contributed by atoms with Crippen molar-refractivity contribution in [3.63, 3.8) is 0 Å². The summed E-state index contributed by atoms with van der Waals surface area (Å²) >= 11 is 0. The van der Waals surface area contributed by atoms with E-state index in [1.54, 1.807) is 0 Å². The van der Waals surface area contributed by atoms with Gasteiger partial charge in [0, 0.05) is 19.3 Å². The van der Waals surface area contributed by atoms with Crippen LogP contribution < -0.4 is 0 Å². The van der Waals surface area contributed by atoms with Crippen LogP contribution in [0.25, 0.3) is 0 Å². The first-order valence-electron chi connectivity index (χ1n) is 31.3. The molecule has 1 atom stereocenters. The molecule has 6 nitrogen and oxygen atoms in total. The molecule has 0 saturated carbocycles. The minimum atomic E-state index is -0.816. The Morgan fingerprint density at radius 1 is 0.273 bits per heavy atom. The van der Waals surface area contributed by atoms with Crippen molar-refractivity contribution in [1.82, 2.24) is 0 Å². The van der Waals surface area contributed by atoms with Crippen molar-refractivity contribution in [2.45, 2.75) is 271 Å². The van der Waals surface area contributed by atoms with Crippen LogP contribution in [0.2, 0.25) is 0 Å². The van der Waals surface area contributed by atoms with E-state index in [0.29, 0.717) is 25.7 Å². The lowest BCUT2D eigenvalue weighted by atomic mass is 10.1. The first-order valence-corrected chi connectivity index (χ1v) is 31.3. The van der Waals surface area contributed by atoms with Gasteiger partial charge in [0.15, 0.2) is 6.10 Å². The third-order valence-electron chi connectivity index (χ3n) is 12.8. The quantitative estimate of drug-likeness (QED) is 0.0261. The van der Waals surface area contributed by atoms with E-state index in [9.17, 15) is 14.4 Å². The van der Waals surface area contributed by atoms with Crippen LogP contribution in [0.5, 0.6) is 0 Å². The van der Waals surface area contributed by atoms with Crippen LogP contribution in [0.15, 0.2) is 146 Å². The maximum absolute atomic E-state index is 12.9. The zero-order chi connectivity index (χ0) is 55.7. The average molecular weight is 1060 g/mol. The predicted octanol–water partition coefficient (Wildman–Crippen LogP) is 21.5. The van der Waals surface area contributed by atoms with Gasteiger partial charge in [-0.05, 0) is 141 Å². The van der Waals surface area contributed by atoms with E-state index in [1.165, 1.54) is 83.5 Å². The summed E-state index contributed by atoms with van der Waals surface area (Å²) in [6.07, 6.45) is 91.3. The standard InChI is InChI=1S/C71H114O6/c1-4-7-10-13-16-19-22-25-28-30-32-34-35-37-38-40-43-46-49-52-55-58-61-64-70(73)76-67-68(66-75-69(72)63-60-57-54-51-48-45-42-27-24-21-18-15-12-9-6-3)77-71(74)65-62-59-56-53-50-47-44-41-39-36-33-31-29-26-23-20-17-14-11-8-5-2/h7,9-10,12,16,18-19,21,23,25-28,31-34,37-38,42-43,46,48,51,68H,4-6,8,11,13-15,17,20,22,24,29-30,35-36,39-41,44-45,47,49-50,52-67H2,1-3H3/b10-7-,12-9-,19-16-,21-18-,26-23-,28-25-,33-31-,34-32-,38-37-,42-27-,46-43-,51-48-. The molecule has 0 aliphatic heterocycles. The molecule has 0 fully saturated rings. The molecule has 434 valence electrons. The highest BCUT2D eigenvalue weighted by Crippen LogP contribution is 2.14. The van der Waals surface area contributed by atoms with Crippen molar-refractivity contribution in [1.29, 1.82) is 0 Å². The fourth-order valence-corrected chi connectivity index (χ4v) is 8.17. The zero-order valence-electron chi connectivity index (χ0n) is 49.7. The van der Waals surface area contributed by atoms with Gasteiger partial charge in [0.05, 0.1) is 0 Å². The second-order valence-electron chi connectivity index (χ2n) is 20.2. The summed E-state index contributed by atoms with van der Waals surface area (Å²) in [7, 11) is 0. The molecule has 0 spiro atoms. The molecule has 0 aromatic rings. The molecule has 0 N–H and O–H groups in total. The minimum absolute atomic E-state index is 0.112. The van der Waals surface area contributed by atoms with Gasteiger partial charge in [-0.3, -0.25) is 14.4 Å². The van der Waals surface area contributed by atoms with Crippen LogP contribution in [0.3, 0.4) is 0 Å². The summed E-state index contributed by atoms with van der Waals surface area (Å²) in [6.45, 7) is 6.34. The van der Waals surface area contributed by atoms with Gasteiger partial charge in [-0.2, -0.15) is 0 Å². The molecule has 0 aliphatic carbocycles. The number of carbonyl (C=O) groups is 3. The smallest absolute Gasteiger partial charge is 0.306 e.